The predicted molar refractivity (Wildman–Crippen MR) is 70.7 cm³/mol. The fraction of sp³-hybridized carbons (Fsp3) is 0.267. The molecule has 0 saturated heterocycles. The molecular weight excluding hydrogens is 246 g/mol. The number of nitrogens with zero attached hydrogens (tertiary/aromatic N) is 1. The molecule has 1 unspecified atom stereocenters. The van der Waals surface area contributed by atoms with Crippen LogP contribution in [0.4, 0.5) is 8.78 Å². The highest BCUT2D eigenvalue weighted by Crippen LogP contribution is 2.20. The third-order valence-corrected chi connectivity index (χ3v) is 3.17. The maximum absolute atomic E-state index is 13.2. The summed E-state index contributed by atoms with van der Waals surface area (Å²) in [7, 11) is 1.82. The molecular formula is C15H16F2N2. The van der Waals surface area contributed by atoms with E-state index in [1.54, 1.807) is 18.5 Å². The molecule has 0 amide bonds. The second kappa shape index (κ2) is 6.38. The molecule has 2 aromatic rings. The van der Waals surface area contributed by atoms with E-state index < -0.39 is 11.6 Å². The highest BCUT2D eigenvalue weighted by atomic mass is 19.2. The van der Waals surface area contributed by atoms with Crippen LogP contribution in [-0.2, 0) is 6.42 Å². The number of aromatic nitrogens is 1. The van der Waals surface area contributed by atoms with Crippen molar-refractivity contribution in [1.29, 1.82) is 0 Å². The Morgan fingerprint density at radius 2 is 1.84 bits per heavy atom. The Kier molecular flexibility index (Phi) is 4.58. The minimum absolute atomic E-state index is 0.00302. The van der Waals surface area contributed by atoms with Crippen LogP contribution in [0.3, 0.4) is 0 Å². The van der Waals surface area contributed by atoms with Crippen LogP contribution < -0.4 is 5.32 Å². The van der Waals surface area contributed by atoms with Gasteiger partial charge in [-0.15, -0.1) is 0 Å². The molecule has 0 aliphatic carbocycles. The van der Waals surface area contributed by atoms with Gasteiger partial charge in [0.05, 0.1) is 0 Å². The lowest BCUT2D eigenvalue weighted by Crippen LogP contribution is -2.17. The van der Waals surface area contributed by atoms with E-state index in [4.69, 9.17) is 0 Å². The fourth-order valence-electron chi connectivity index (χ4n) is 2.07. The molecule has 2 nitrogen and oxygen atoms in total. The number of halogens is 2. The highest BCUT2D eigenvalue weighted by molar-refractivity contribution is 5.22. The highest BCUT2D eigenvalue weighted by Gasteiger charge is 2.12. The summed E-state index contributed by atoms with van der Waals surface area (Å²) in [5, 5.41) is 3.13. The number of nitrogens with one attached hydrogen (secondary N) is 1. The van der Waals surface area contributed by atoms with Crippen LogP contribution in [0.2, 0.25) is 0 Å². The van der Waals surface area contributed by atoms with Gasteiger partial charge in [-0.2, -0.15) is 0 Å². The standard InChI is InChI=1S/C15H16F2N2/c1-18-15(5-2-11-6-8-19-9-7-11)12-3-4-13(16)14(17)10-12/h3-4,6-10,15,18H,2,5H2,1H3. The topological polar surface area (TPSA) is 24.9 Å². The Morgan fingerprint density at radius 1 is 1.11 bits per heavy atom. The third kappa shape index (κ3) is 3.58. The van der Waals surface area contributed by atoms with E-state index in [9.17, 15) is 8.78 Å². The number of aryl methyl sites for hydroxylation is 1. The second-order valence-corrected chi connectivity index (χ2v) is 4.41. The number of hydrogen-bond acceptors (Lipinski definition) is 2. The first-order chi connectivity index (χ1) is 9.20. The van der Waals surface area contributed by atoms with E-state index in [1.165, 1.54) is 17.7 Å². The molecule has 1 atom stereocenters. The normalized spacial score (nSPS) is 12.4. The van der Waals surface area contributed by atoms with Gasteiger partial charge < -0.3 is 5.32 Å². The molecule has 0 fully saturated rings. The van der Waals surface area contributed by atoms with Crippen LogP contribution in [-0.4, -0.2) is 12.0 Å². The van der Waals surface area contributed by atoms with E-state index in [-0.39, 0.29) is 6.04 Å². The molecule has 0 radical (unpaired) electrons. The van der Waals surface area contributed by atoms with Gasteiger partial charge in [-0.25, -0.2) is 8.78 Å². The average molecular weight is 262 g/mol. The zero-order chi connectivity index (χ0) is 13.7. The Morgan fingerprint density at radius 3 is 2.47 bits per heavy atom. The maximum atomic E-state index is 13.2. The van der Waals surface area contributed by atoms with Crippen molar-refractivity contribution in [2.75, 3.05) is 7.05 Å². The fourth-order valence-corrected chi connectivity index (χ4v) is 2.07. The lowest BCUT2D eigenvalue weighted by molar-refractivity contribution is 0.496. The van der Waals surface area contributed by atoms with E-state index in [0.717, 1.165) is 18.4 Å². The van der Waals surface area contributed by atoms with E-state index in [2.05, 4.69) is 10.3 Å². The lowest BCUT2D eigenvalue weighted by Gasteiger charge is -2.16. The minimum atomic E-state index is -0.812. The number of pyridine rings is 1. The number of benzene rings is 1. The summed E-state index contributed by atoms with van der Waals surface area (Å²) in [4.78, 5) is 3.97. The summed E-state index contributed by atoms with van der Waals surface area (Å²) in [6.45, 7) is 0. The molecule has 2 rings (SSSR count). The SMILES string of the molecule is CNC(CCc1ccncc1)c1ccc(F)c(F)c1. The van der Waals surface area contributed by atoms with Crippen molar-refractivity contribution >= 4 is 0 Å². The molecule has 19 heavy (non-hydrogen) atoms. The van der Waals surface area contributed by atoms with Gasteiger partial charge in [-0.05, 0) is 55.3 Å². The zero-order valence-electron chi connectivity index (χ0n) is 10.7. The van der Waals surface area contributed by atoms with Crippen molar-refractivity contribution in [3.05, 3.63) is 65.5 Å². The van der Waals surface area contributed by atoms with Gasteiger partial charge in [0.2, 0.25) is 0 Å². The molecule has 1 aromatic heterocycles. The van der Waals surface area contributed by atoms with Gasteiger partial charge in [0.1, 0.15) is 0 Å². The Hall–Kier alpha value is -1.81. The number of rotatable bonds is 5. The first-order valence-electron chi connectivity index (χ1n) is 6.22. The van der Waals surface area contributed by atoms with Crippen LogP contribution in [0.15, 0.2) is 42.7 Å². The van der Waals surface area contributed by atoms with Crippen LogP contribution in [0.5, 0.6) is 0 Å². The first kappa shape index (κ1) is 13.6. The molecule has 1 heterocycles. The first-order valence-corrected chi connectivity index (χ1v) is 6.22. The van der Waals surface area contributed by atoms with Crippen LogP contribution in [0.25, 0.3) is 0 Å². The summed E-state index contributed by atoms with van der Waals surface area (Å²) in [5.74, 6) is -1.62. The molecule has 0 spiro atoms. The molecule has 0 bridgehead atoms. The summed E-state index contributed by atoms with van der Waals surface area (Å²) < 4.78 is 26.1. The van der Waals surface area contributed by atoms with Crippen LogP contribution in [0, 0.1) is 11.6 Å². The zero-order valence-corrected chi connectivity index (χ0v) is 10.7. The Balaban J connectivity index is 2.05. The van der Waals surface area contributed by atoms with E-state index in [1.807, 2.05) is 19.2 Å². The monoisotopic (exact) mass is 262 g/mol. The molecule has 0 aliphatic heterocycles. The smallest absolute Gasteiger partial charge is 0.159 e. The van der Waals surface area contributed by atoms with Gasteiger partial charge in [-0.1, -0.05) is 6.07 Å². The third-order valence-electron chi connectivity index (χ3n) is 3.17. The van der Waals surface area contributed by atoms with Crippen molar-refractivity contribution in [1.82, 2.24) is 10.3 Å². The molecule has 0 saturated carbocycles. The van der Waals surface area contributed by atoms with Crippen LogP contribution >= 0.6 is 0 Å². The molecule has 0 aliphatic rings. The minimum Gasteiger partial charge on any atom is -0.313 e. The lowest BCUT2D eigenvalue weighted by atomic mass is 9.99. The van der Waals surface area contributed by atoms with Crippen molar-refractivity contribution in [2.45, 2.75) is 18.9 Å². The summed E-state index contributed by atoms with van der Waals surface area (Å²) in [6.07, 6.45) is 5.17. The Bertz CT molecular complexity index is 529. The second-order valence-electron chi connectivity index (χ2n) is 4.41. The predicted octanol–water partition coefficient (Wildman–Crippen LogP) is 3.25. The van der Waals surface area contributed by atoms with Gasteiger partial charge in [0, 0.05) is 18.4 Å². The molecule has 100 valence electrons. The van der Waals surface area contributed by atoms with Gasteiger partial charge in [0.25, 0.3) is 0 Å². The van der Waals surface area contributed by atoms with Gasteiger partial charge in [-0.3, -0.25) is 4.98 Å². The van der Waals surface area contributed by atoms with Gasteiger partial charge >= 0.3 is 0 Å². The number of hydrogen-bond donors (Lipinski definition) is 1. The van der Waals surface area contributed by atoms with Crippen LogP contribution in [0.1, 0.15) is 23.6 Å². The largest absolute Gasteiger partial charge is 0.313 e. The molecule has 1 aromatic carbocycles. The molecule has 4 heteroatoms. The van der Waals surface area contributed by atoms with Gasteiger partial charge in [0.15, 0.2) is 11.6 Å². The quantitative estimate of drug-likeness (QED) is 0.894. The molecule has 1 N–H and O–H groups in total. The van der Waals surface area contributed by atoms with Crippen molar-refractivity contribution < 1.29 is 8.78 Å². The summed E-state index contributed by atoms with van der Waals surface area (Å²) in [5.41, 5.74) is 1.94. The Labute approximate surface area is 111 Å². The summed E-state index contributed by atoms with van der Waals surface area (Å²) in [6, 6.07) is 7.95. The summed E-state index contributed by atoms with van der Waals surface area (Å²) >= 11 is 0. The van der Waals surface area contributed by atoms with Crippen molar-refractivity contribution in [3.8, 4) is 0 Å². The van der Waals surface area contributed by atoms with E-state index >= 15 is 0 Å². The van der Waals surface area contributed by atoms with Crippen molar-refractivity contribution in [2.24, 2.45) is 0 Å². The van der Waals surface area contributed by atoms with Crippen molar-refractivity contribution in [3.63, 3.8) is 0 Å². The average Bonchev–Trinajstić information content (AvgIpc) is 2.44. The van der Waals surface area contributed by atoms with E-state index in [0.29, 0.717) is 0 Å². The maximum Gasteiger partial charge on any atom is 0.159 e.